The van der Waals surface area contributed by atoms with E-state index in [0.717, 1.165) is 4.90 Å². The zero-order valence-corrected chi connectivity index (χ0v) is 14.4. The van der Waals surface area contributed by atoms with Gasteiger partial charge in [-0.3, -0.25) is 4.21 Å². The minimum absolute atomic E-state index is 0.0772. The van der Waals surface area contributed by atoms with Crippen LogP contribution in [0, 0.1) is 5.92 Å². The Morgan fingerprint density at radius 1 is 1.14 bits per heavy atom. The molecule has 2 nitrogen and oxygen atoms in total. The van der Waals surface area contributed by atoms with Crippen molar-refractivity contribution in [2.75, 3.05) is 5.75 Å². The molecule has 0 amide bonds. The van der Waals surface area contributed by atoms with Crippen LogP contribution in [0.25, 0.3) is 0 Å². The van der Waals surface area contributed by atoms with E-state index >= 15 is 0 Å². The quantitative estimate of drug-likeness (QED) is 0.913. The zero-order chi connectivity index (χ0) is 15.5. The Morgan fingerprint density at radius 3 is 2.24 bits per heavy atom. The van der Waals surface area contributed by atoms with Crippen molar-refractivity contribution in [2.24, 2.45) is 11.7 Å². The van der Waals surface area contributed by atoms with Crippen molar-refractivity contribution in [1.82, 2.24) is 0 Å². The fraction of sp³-hybridized carbons (Fsp3) is 0.667. The molecule has 1 aromatic carbocycles. The predicted molar refractivity (Wildman–Crippen MR) is 91.0 cm³/mol. The van der Waals surface area contributed by atoms with Crippen LogP contribution >= 0.6 is 0 Å². The molecule has 0 bridgehead atoms. The van der Waals surface area contributed by atoms with Crippen LogP contribution in [0.5, 0.6) is 0 Å². The largest absolute Gasteiger partial charge is 0.327 e. The van der Waals surface area contributed by atoms with Crippen LogP contribution in [-0.2, 0) is 16.2 Å². The first-order valence-electron chi connectivity index (χ1n) is 8.12. The maximum atomic E-state index is 12.5. The van der Waals surface area contributed by atoms with Gasteiger partial charge >= 0.3 is 0 Å². The molecular weight excluding hydrogens is 278 g/mol. The SMILES string of the molecule is CC(C)(C)c1ccc(S(=O)CC(N)C2CCCCC2)cc1. The maximum Gasteiger partial charge on any atom is 0.0545 e. The molecule has 0 radical (unpaired) electrons. The Hall–Kier alpha value is -0.670. The number of hydrogen-bond acceptors (Lipinski definition) is 2. The lowest BCUT2D eigenvalue weighted by Gasteiger charge is -2.27. The highest BCUT2D eigenvalue weighted by molar-refractivity contribution is 7.85. The van der Waals surface area contributed by atoms with Crippen molar-refractivity contribution in [2.45, 2.75) is 69.2 Å². The van der Waals surface area contributed by atoms with Gasteiger partial charge in [-0.15, -0.1) is 0 Å². The molecular formula is C18H29NOS. The highest BCUT2D eigenvalue weighted by Gasteiger charge is 2.23. The molecule has 1 aliphatic carbocycles. The summed E-state index contributed by atoms with van der Waals surface area (Å²) in [6, 6.07) is 8.28. The fourth-order valence-electron chi connectivity index (χ4n) is 3.08. The van der Waals surface area contributed by atoms with Gasteiger partial charge in [0.25, 0.3) is 0 Å². The number of nitrogens with two attached hydrogens (primary N) is 1. The normalized spacial score (nSPS) is 20.2. The molecule has 0 aliphatic heterocycles. The maximum absolute atomic E-state index is 12.5. The minimum atomic E-state index is -0.975. The van der Waals surface area contributed by atoms with Gasteiger partial charge in [-0.1, -0.05) is 52.2 Å². The van der Waals surface area contributed by atoms with Gasteiger partial charge in [0.1, 0.15) is 0 Å². The molecule has 0 saturated heterocycles. The van der Waals surface area contributed by atoms with Gasteiger partial charge in [0, 0.05) is 16.7 Å². The summed E-state index contributed by atoms with van der Waals surface area (Å²) < 4.78 is 12.5. The second-order valence-corrected chi connectivity index (χ2v) is 8.84. The van der Waals surface area contributed by atoms with E-state index in [0.29, 0.717) is 11.7 Å². The summed E-state index contributed by atoms with van der Waals surface area (Å²) >= 11 is 0. The molecule has 2 unspecified atom stereocenters. The van der Waals surface area contributed by atoms with E-state index in [9.17, 15) is 4.21 Å². The second kappa shape index (κ2) is 7.06. The van der Waals surface area contributed by atoms with E-state index in [1.807, 2.05) is 12.1 Å². The van der Waals surface area contributed by atoms with E-state index in [4.69, 9.17) is 5.73 Å². The van der Waals surface area contributed by atoms with Crippen LogP contribution < -0.4 is 5.73 Å². The van der Waals surface area contributed by atoms with E-state index in [1.165, 1.54) is 37.7 Å². The number of rotatable bonds is 4. The van der Waals surface area contributed by atoms with Crippen LogP contribution in [0.1, 0.15) is 58.4 Å². The molecule has 3 heteroatoms. The lowest BCUT2D eigenvalue weighted by atomic mass is 9.85. The first kappa shape index (κ1) is 16.7. The van der Waals surface area contributed by atoms with Crippen molar-refractivity contribution in [3.8, 4) is 0 Å². The third-order valence-corrected chi connectivity index (χ3v) is 6.07. The molecule has 1 fully saturated rings. The third kappa shape index (κ3) is 4.65. The Labute approximate surface area is 132 Å². The second-order valence-electron chi connectivity index (χ2n) is 7.35. The Morgan fingerprint density at radius 2 is 1.71 bits per heavy atom. The van der Waals surface area contributed by atoms with Gasteiger partial charge in [-0.05, 0) is 41.9 Å². The standard InChI is InChI=1S/C18H29NOS/c1-18(2,3)15-9-11-16(12-10-15)21(20)13-17(19)14-7-5-4-6-8-14/h9-12,14,17H,4-8,13,19H2,1-3H3. The van der Waals surface area contributed by atoms with Crippen molar-refractivity contribution < 1.29 is 4.21 Å². The average molecular weight is 308 g/mol. The van der Waals surface area contributed by atoms with Gasteiger partial charge in [0.2, 0.25) is 0 Å². The first-order valence-corrected chi connectivity index (χ1v) is 9.44. The van der Waals surface area contributed by atoms with E-state index in [2.05, 4.69) is 32.9 Å². The molecule has 1 aromatic rings. The molecule has 1 aliphatic rings. The van der Waals surface area contributed by atoms with Crippen LogP contribution in [0.2, 0.25) is 0 Å². The van der Waals surface area contributed by atoms with Crippen LogP contribution in [-0.4, -0.2) is 16.0 Å². The molecule has 2 rings (SSSR count). The lowest BCUT2D eigenvalue weighted by molar-refractivity contribution is 0.318. The topological polar surface area (TPSA) is 43.1 Å². The minimum Gasteiger partial charge on any atom is -0.327 e. The van der Waals surface area contributed by atoms with Crippen LogP contribution in [0.4, 0.5) is 0 Å². The van der Waals surface area contributed by atoms with Gasteiger partial charge in [-0.25, -0.2) is 0 Å². The predicted octanol–water partition coefficient (Wildman–Crippen LogP) is 4.00. The van der Waals surface area contributed by atoms with Gasteiger partial charge in [0.05, 0.1) is 10.8 Å². The van der Waals surface area contributed by atoms with Crippen molar-refractivity contribution in [3.05, 3.63) is 29.8 Å². The Kier molecular flexibility index (Phi) is 5.61. The van der Waals surface area contributed by atoms with Gasteiger partial charge in [-0.2, -0.15) is 0 Å². The van der Waals surface area contributed by atoms with Gasteiger partial charge in [0.15, 0.2) is 0 Å². The smallest absolute Gasteiger partial charge is 0.0545 e. The summed E-state index contributed by atoms with van der Waals surface area (Å²) in [4.78, 5) is 0.911. The lowest BCUT2D eigenvalue weighted by Crippen LogP contribution is -2.36. The molecule has 2 N–H and O–H groups in total. The number of benzene rings is 1. The molecule has 118 valence electrons. The van der Waals surface area contributed by atoms with Gasteiger partial charge < -0.3 is 5.73 Å². The summed E-state index contributed by atoms with van der Waals surface area (Å²) in [5.74, 6) is 1.16. The van der Waals surface area contributed by atoms with E-state index < -0.39 is 10.8 Å². The van der Waals surface area contributed by atoms with Crippen molar-refractivity contribution in [3.63, 3.8) is 0 Å². The highest BCUT2D eigenvalue weighted by atomic mass is 32.2. The highest BCUT2D eigenvalue weighted by Crippen LogP contribution is 2.27. The Bertz CT molecular complexity index is 469. The molecule has 0 heterocycles. The summed E-state index contributed by atoms with van der Waals surface area (Å²) in [7, 11) is -0.975. The fourth-order valence-corrected chi connectivity index (χ4v) is 4.33. The molecule has 2 atom stereocenters. The monoisotopic (exact) mass is 307 g/mol. The molecule has 0 spiro atoms. The van der Waals surface area contributed by atoms with Crippen LogP contribution in [0.15, 0.2) is 29.2 Å². The van der Waals surface area contributed by atoms with E-state index in [-0.39, 0.29) is 11.5 Å². The average Bonchev–Trinajstić information content (AvgIpc) is 2.47. The van der Waals surface area contributed by atoms with Crippen molar-refractivity contribution >= 4 is 10.8 Å². The summed E-state index contributed by atoms with van der Waals surface area (Å²) in [6.07, 6.45) is 6.32. The molecule has 0 aromatic heterocycles. The molecule has 1 saturated carbocycles. The summed E-state index contributed by atoms with van der Waals surface area (Å²) in [5, 5.41) is 0. The van der Waals surface area contributed by atoms with Crippen LogP contribution in [0.3, 0.4) is 0 Å². The first-order chi connectivity index (χ1) is 9.88. The summed E-state index contributed by atoms with van der Waals surface area (Å²) in [6.45, 7) is 6.58. The van der Waals surface area contributed by atoms with E-state index in [1.54, 1.807) is 0 Å². The zero-order valence-electron chi connectivity index (χ0n) is 13.6. The van der Waals surface area contributed by atoms with Crippen molar-refractivity contribution in [1.29, 1.82) is 0 Å². The number of hydrogen-bond donors (Lipinski definition) is 1. The summed E-state index contributed by atoms with van der Waals surface area (Å²) in [5.41, 5.74) is 7.71. The Balaban J connectivity index is 1.96. The third-order valence-electron chi connectivity index (χ3n) is 4.58. The molecule has 21 heavy (non-hydrogen) atoms.